The second-order valence-electron chi connectivity index (χ2n) is 5.46. The van der Waals surface area contributed by atoms with Crippen LogP contribution in [0.2, 0.25) is 0 Å². The molecule has 2 heteroatoms. The third-order valence-corrected chi connectivity index (χ3v) is 3.50. The number of rotatable bonds is 4. The fourth-order valence-corrected chi connectivity index (χ4v) is 2.23. The molecule has 0 bridgehead atoms. The number of aromatic nitrogens is 1. The zero-order chi connectivity index (χ0) is 14.7. The van der Waals surface area contributed by atoms with Crippen LogP contribution < -0.4 is 0 Å². The summed E-state index contributed by atoms with van der Waals surface area (Å²) in [4.78, 5) is 16.4. The highest BCUT2D eigenvalue weighted by Gasteiger charge is 2.15. The van der Waals surface area contributed by atoms with Gasteiger partial charge in [0.1, 0.15) is 5.69 Å². The van der Waals surface area contributed by atoms with E-state index in [1.54, 1.807) is 6.20 Å². The van der Waals surface area contributed by atoms with Crippen molar-refractivity contribution in [3.8, 4) is 11.1 Å². The quantitative estimate of drug-likeness (QED) is 0.766. The number of hydrogen-bond donors (Lipinski definition) is 0. The maximum atomic E-state index is 12.1. The second-order valence-corrected chi connectivity index (χ2v) is 5.46. The average Bonchev–Trinajstić information content (AvgIpc) is 2.46. The molecule has 0 aliphatic carbocycles. The van der Waals surface area contributed by atoms with Gasteiger partial charge < -0.3 is 0 Å². The Balaban J connectivity index is 2.40. The molecule has 2 nitrogen and oxygen atoms in total. The van der Waals surface area contributed by atoms with Gasteiger partial charge in [0.15, 0.2) is 5.78 Å². The van der Waals surface area contributed by atoms with Gasteiger partial charge in [0.25, 0.3) is 0 Å². The summed E-state index contributed by atoms with van der Waals surface area (Å²) in [5, 5.41) is 0. The molecule has 0 aliphatic heterocycles. The van der Waals surface area contributed by atoms with Gasteiger partial charge in [0.2, 0.25) is 0 Å². The zero-order valence-corrected chi connectivity index (χ0v) is 12.6. The Morgan fingerprint density at radius 1 is 1.20 bits per heavy atom. The molecule has 2 rings (SSSR count). The van der Waals surface area contributed by atoms with Crippen LogP contribution in [0.5, 0.6) is 0 Å². The van der Waals surface area contributed by atoms with E-state index in [9.17, 15) is 4.79 Å². The highest BCUT2D eigenvalue weighted by Crippen LogP contribution is 2.23. The molecule has 0 fully saturated rings. The number of carbonyl (C=O) groups excluding carboxylic acids is 1. The van der Waals surface area contributed by atoms with Gasteiger partial charge in [-0.15, -0.1) is 0 Å². The first-order chi connectivity index (χ1) is 9.52. The lowest BCUT2D eigenvalue weighted by Gasteiger charge is -2.09. The van der Waals surface area contributed by atoms with Crippen LogP contribution in [0, 0.1) is 12.8 Å². The lowest BCUT2D eigenvalue weighted by Crippen LogP contribution is -2.11. The second kappa shape index (κ2) is 6.00. The molecule has 0 spiro atoms. The molecule has 0 aliphatic rings. The molecule has 104 valence electrons. The van der Waals surface area contributed by atoms with Crippen molar-refractivity contribution < 1.29 is 4.79 Å². The molecule has 0 radical (unpaired) electrons. The summed E-state index contributed by atoms with van der Waals surface area (Å²) in [7, 11) is 0. The number of benzene rings is 1. The van der Waals surface area contributed by atoms with Crippen LogP contribution in [0.3, 0.4) is 0 Å². The van der Waals surface area contributed by atoms with Crippen molar-refractivity contribution in [1.29, 1.82) is 0 Å². The Hall–Kier alpha value is -1.96. The summed E-state index contributed by atoms with van der Waals surface area (Å²) in [6, 6.07) is 10.5. The predicted octanol–water partition coefficient (Wildman–Crippen LogP) is 4.46. The summed E-state index contributed by atoms with van der Waals surface area (Å²) in [6.45, 7) is 7.91. The molecule has 0 saturated carbocycles. The Morgan fingerprint density at radius 3 is 2.55 bits per heavy atom. The molecule has 1 heterocycles. The number of Topliss-reactive ketones (excluding diaryl/α,β-unsaturated/α-hetero) is 1. The van der Waals surface area contributed by atoms with E-state index in [2.05, 4.69) is 42.2 Å². The monoisotopic (exact) mass is 267 g/mol. The van der Waals surface area contributed by atoms with E-state index < -0.39 is 0 Å². The van der Waals surface area contributed by atoms with Crippen molar-refractivity contribution >= 4 is 5.78 Å². The normalized spacial score (nSPS) is 10.8. The van der Waals surface area contributed by atoms with Crippen LogP contribution in [-0.4, -0.2) is 10.8 Å². The van der Waals surface area contributed by atoms with Gasteiger partial charge in [-0.1, -0.05) is 45.0 Å². The van der Waals surface area contributed by atoms with E-state index in [4.69, 9.17) is 0 Å². The van der Waals surface area contributed by atoms with Gasteiger partial charge >= 0.3 is 0 Å². The number of ketones is 1. The van der Waals surface area contributed by atoms with Gasteiger partial charge in [-0.3, -0.25) is 9.78 Å². The highest BCUT2D eigenvalue weighted by atomic mass is 16.1. The van der Waals surface area contributed by atoms with Crippen LogP contribution >= 0.6 is 0 Å². The minimum Gasteiger partial charge on any atom is -0.292 e. The van der Waals surface area contributed by atoms with Crippen molar-refractivity contribution in [2.45, 2.75) is 34.1 Å². The summed E-state index contributed by atoms with van der Waals surface area (Å²) in [6.07, 6.45) is 2.82. The molecular formula is C18H21NO. The van der Waals surface area contributed by atoms with Crippen molar-refractivity contribution in [2.24, 2.45) is 5.92 Å². The molecule has 0 unspecified atom stereocenters. The maximum absolute atomic E-state index is 12.1. The lowest BCUT2D eigenvalue weighted by molar-refractivity contribution is 0.0933. The summed E-state index contributed by atoms with van der Waals surface area (Å²) < 4.78 is 0. The summed E-state index contributed by atoms with van der Waals surface area (Å²) in [5.41, 5.74) is 5.07. The number of pyridine rings is 1. The molecule has 20 heavy (non-hydrogen) atoms. The fraction of sp³-hybridized carbons (Fsp3) is 0.333. The van der Waals surface area contributed by atoms with E-state index in [-0.39, 0.29) is 11.7 Å². The van der Waals surface area contributed by atoms with Crippen molar-refractivity contribution in [1.82, 2.24) is 4.98 Å². The Bertz CT molecular complexity index is 629. The number of nitrogens with zero attached hydrogens (tertiary/aromatic N) is 1. The van der Waals surface area contributed by atoms with Crippen LogP contribution in [0.4, 0.5) is 0 Å². The van der Waals surface area contributed by atoms with E-state index in [0.717, 1.165) is 23.1 Å². The summed E-state index contributed by atoms with van der Waals surface area (Å²) in [5.74, 6) is 0.0897. The van der Waals surface area contributed by atoms with Gasteiger partial charge in [0, 0.05) is 17.7 Å². The van der Waals surface area contributed by atoms with Gasteiger partial charge in [0.05, 0.1) is 0 Å². The third-order valence-electron chi connectivity index (χ3n) is 3.50. The molecule has 0 saturated heterocycles. The van der Waals surface area contributed by atoms with E-state index >= 15 is 0 Å². The molecule has 1 aromatic heterocycles. The van der Waals surface area contributed by atoms with Crippen molar-refractivity contribution in [3.05, 3.63) is 53.3 Å². The SMILES string of the molecule is CCc1cccc(-c2cnc(C(=O)C(C)C)c(C)c2)c1. The van der Waals surface area contributed by atoms with Gasteiger partial charge in [-0.25, -0.2) is 0 Å². The van der Waals surface area contributed by atoms with E-state index in [1.807, 2.05) is 20.8 Å². The van der Waals surface area contributed by atoms with E-state index in [0.29, 0.717) is 5.69 Å². The van der Waals surface area contributed by atoms with Crippen LogP contribution in [0.15, 0.2) is 36.5 Å². The van der Waals surface area contributed by atoms with Crippen LogP contribution in [0.25, 0.3) is 11.1 Å². The van der Waals surface area contributed by atoms with Crippen LogP contribution in [-0.2, 0) is 6.42 Å². The zero-order valence-electron chi connectivity index (χ0n) is 12.6. The topological polar surface area (TPSA) is 30.0 Å². The largest absolute Gasteiger partial charge is 0.292 e. The first-order valence-corrected chi connectivity index (χ1v) is 7.13. The van der Waals surface area contributed by atoms with Crippen molar-refractivity contribution in [3.63, 3.8) is 0 Å². The molecule has 0 N–H and O–H groups in total. The number of carbonyl (C=O) groups is 1. The summed E-state index contributed by atoms with van der Waals surface area (Å²) >= 11 is 0. The van der Waals surface area contributed by atoms with E-state index in [1.165, 1.54) is 5.56 Å². The maximum Gasteiger partial charge on any atom is 0.183 e. The van der Waals surface area contributed by atoms with Crippen molar-refractivity contribution in [2.75, 3.05) is 0 Å². The Kier molecular flexibility index (Phi) is 4.33. The van der Waals surface area contributed by atoms with Gasteiger partial charge in [-0.05, 0) is 36.1 Å². The molecule has 2 aromatic rings. The number of aryl methyl sites for hydroxylation is 2. The lowest BCUT2D eigenvalue weighted by atomic mass is 9.98. The molecule has 0 atom stereocenters. The third kappa shape index (κ3) is 2.96. The Morgan fingerprint density at radius 2 is 1.95 bits per heavy atom. The van der Waals surface area contributed by atoms with Gasteiger partial charge in [-0.2, -0.15) is 0 Å². The minimum atomic E-state index is -0.0181. The molecule has 1 aromatic carbocycles. The minimum absolute atomic E-state index is 0.0181. The van der Waals surface area contributed by atoms with Crippen LogP contribution in [0.1, 0.15) is 42.4 Å². The first-order valence-electron chi connectivity index (χ1n) is 7.13. The molecular weight excluding hydrogens is 246 g/mol. The predicted molar refractivity (Wildman–Crippen MR) is 83.0 cm³/mol. The number of hydrogen-bond acceptors (Lipinski definition) is 2. The Labute approximate surface area is 120 Å². The first kappa shape index (κ1) is 14.4. The smallest absolute Gasteiger partial charge is 0.183 e. The fourth-order valence-electron chi connectivity index (χ4n) is 2.23. The molecule has 0 amide bonds. The average molecular weight is 267 g/mol. The standard InChI is InChI=1S/C18H21NO/c1-5-14-7-6-8-15(10-14)16-9-13(4)17(19-11-16)18(20)12(2)3/h6-12H,5H2,1-4H3. The highest BCUT2D eigenvalue weighted by molar-refractivity contribution is 5.97.